The molecule has 25 heavy (non-hydrogen) atoms. The van der Waals surface area contributed by atoms with Gasteiger partial charge >= 0.3 is 0 Å². The zero-order valence-electron chi connectivity index (χ0n) is 14.2. The van der Waals surface area contributed by atoms with Crippen LogP contribution < -0.4 is 15.2 Å². The minimum atomic E-state index is 0.0745. The Morgan fingerprint density at radius 2 is 2.08 bits per heavy atom. The highest BCUT2D eigenvalue weighted by atomic mass is 16.5. The molecule has 3 aromatic rings. The van der Waals surface area contributed by atoms with Gasteiger partial charge in [-0.3, -0.25) is 4.68 Å². The van der Waals surface area contributed by atoms with Gasteiger partial charge in [-0.2, -0.15) is 5.10 Å². The molecule has 128 valence electrons. The number of fused-ring (bicyclic) bond motifs is 1. The molecule has 0 saturated carbocycles. The molecule has 5 heteroatoms. The average Bonchev–Trinajstić information content (AvgIpc) is 3.28. The second-order valence-corrected chi connectivity index (χ2v) is 6.25. The van der Waals surface area contributed by atoms with Crippen LogP contribution in [0.25, 0.3) is 11.1 Å². The van der Waals surface area contributed by atoms with Gasteiger partial charge in [-0.05, 0) is 23.3 Å². The first kappa shape index (κ1) is 15.7. The predicted octanol–water partition coefficient (Wildman–Crippen LogP) is 2.87. The molecule has 2 N–H and O–H groups in total. The third-order valence-electron chi connectivity index (χ3n) is 4.54. The van der Waals surface area contributed by atoms with E-state index in [4.69, 9.17) is 15.2 Å². The van der Waals surface area contributed by atoms with Crippen molar-refractivity contribution < 1.29 is 9.47 Å². The molecule has 0 amide bonds. The van der Waals surface area contributed by atoms with Crippen molar-refractivity contribution in [2.45, 2.75) is 19.1 Å². The van der Waals surface area contributed by atoms with E-state index < -0.39 is 0 Å². The van der Waals surface area contributed by atoms with Crippen LogP contribution in [0.4, 0.5) is 0 Å². The number of ether oxygens (including phenoxy) is 2. The van der Waals surface area contributed by atoms with E-state index in [1.54, 1.807) is 7.11 Å². The van der Waals surface area contributed by atoms with E-state index in [-0.39, 0.29) is 6.10 Å². The van der Waals surface area contributed by atoms with Gasteiger partial charge in [-0.15, -0.1) is 0 Å². The van der Waals surface area contributed by atoms with Crippen LogP contribution in [0.15, 0.2) is 54.9 Å². The second kappa shape index (κ2) is 6.61. The molecule has 1 aliphatic rings. The van der Waals surface area contributed by atoms with Crippen LogP contribution in [0, 0.1) is 0 Å². The fourth-order valence-electron chi connectivity index (χ4n) is 3.20. The molecule has 1 aliphatic heterocycles. The fourth-order valence-corrected chi connectivity index (χ4v) is 3.20. The van der Waals surface area contributed by atoms with E-state index >= 15 is 0 Å². The zero-order chi connectivity index (χ0) is 17.2. The molecule has 2 aromatic carbocycles. The third kappa shape index (κ3) is 3.10. The number of rotatable bonds is 5. The van der Waals surface area contributed by atoms with Crippen molar-refractivity contribution in [3.8, 4) is 22.6 Å². The summed E-state index contributed by atoms with van der Waals surface area (Å²) in [6, 6.07) is 14.3. The number of aromatic nitrogens is 2. The fraction of sp³-hybridized carbons (Fsp3) is 0.250. The van der Waals surface area contributed by atoms with E-state index in [2.05, 4.69) is 41.6 Å². The van der Waals surface area contributed by atoms with Crippen LogP contribution in [-0.4, -0.2) is 29.5 Å². The molecule has 5 nitrogen and oxygen atoms in total. The van der Waals surface area contributed by atoms with Crippen LogP contribution in [0.3, 0.4) is 0 Å². The van der Waals surface area contributed by atoms with Gasteiger partial charge in [0.05, 0.1) is 19.9 Å². The van der Waals surface area contributed by atoms with E-state index in [1.807, 2.05) is 23.0 Å². The predicted molar refractivity (Wildman–Crippen MR) is 96.9 cm³/mol. The quantitative estimate of drug-likeness (QED) is 0.779. The molecule has 2 heterocycles. The van der Waals surface area contributed by atoms with Crippen LogP contribution in [-0.2, 0) is 13.0 Å². The maximum atomic E-state index is 6.02. The Balaban J connectivity index is 1.57. The van der Waals surface area contributed by atoms with Crippen molar-refractivity contribution in [1.82, 2.24) is 9.78 Å². The molecule has 4 rings (SSSR count). The molecule has 0 spiro atoms. The van der Waals surface area contributed by atoms with Crippen molar-refractivity contribution >= 4 is 0 Å². The highest BCUT2D eigenvalue weighted by Gasteiger charge is 2.24. The van der Waals surface area contributed by atoms with Crippen molar-refractivity contribution in [2.24, 2.45) is 5.73 Å². The Hall–Kier alpha value is -2.79. The molecule has 0 aliphatic carbocycles. The van der Waals surface area contributed by atoms with Gasteiger partial charge in [-0.1, -0.05) is 30.3 Å². The molecule has 1 aromatic heterocycles. The number of hydrogen-bond donors (Lipinski definition) is 1. The van der Waals surface area contributed by atoms with Crippen molar-refractivity contribution in [2.75, 3.05) is 13.7 Å². The summed E-state index contributed by atoms with van der Waals surface area (Å²) in [7, 11) is 1.67. The summed E-state index contributed by atoms with van der Waals surface area (Å²) < 4.78 is 13.2. The lowest BCUT2D eigenvalue weighted by Gasteiger charge is -2.09. The Morgan fingerprint density at radius 3 is 2.84 bits per heavy atom. The van der Waals surface area contributed by atoms with Gasteiger partial charge in [0.25, 0.3) is 0 Å². The summed E-state index contributed by atoms with van der Waals surface area (Å²) in [6.07, 6.45) is 4.89. The van der Waals surface area contributed by atoms with Crippen LogP contribution in [0.1, 0.15) is 11.1 Å². The lowest BCUT2D eigenvalue weighted by Crippen LogP contribution is -2.24. The maximum absolute atomic E-state index is 6.02. The summed E-state index contributed by atoms with van der Waals surface area (Å²) in [5.41, 5.74) is 10.3. The SMILES string of the molecule is COc1ccc(Cn2cc(-c3cccc4c3OC(CN)C4)cn2)cc1. The molecule has 0 bridgehead atoms. The lowest BCUT2D eigenvalue weighted by molar-refractivity contribution is 0.242. The number of para-hydroxylation sites is 1. The van der Waals surface area contributed by atoms with Crippen LogP contribution in [0.2, 0.25) is 0 Å². The summed E-state index contributed by atoms with van der Waals surface area (Å²) in [4.78, 5) is 0. The first-order valence-electron chi connectivity index (χ1n) is 8.41. The van der Waals surface area contributed by atoms with Gasteiger partial charge in [0.2, 0.25) is 0 Å². The summed E-state index contributed by atoms with van der Waals surface area (Å²) in [5.74, 6) is 1.80. The first-order valence-corrected chi connectivity index (χ1v) is 8.41. The maximum Gasteiger partial charge on any atom is 0.131 e. The number of nitrogens with two attached hydrogens (primary N) is 1. The molecule has 0 fully saturated rings. The van der Waals surface area contributed by atoms with Crippen LogP contribution >= 0.6 is 0 Å². The Morgan fingerprint density at radius 1 is 1.24 bits per heavy atom. The van der Waals surface area contributed by atoms with Gasteiger partial charge < -0.3 is 15.2 Å². The lowest BCUT2D eigenvalue weighted by atomic mass is 10.0. The minimum absolute atomic E-state index is 0.0745. The van der Waals surface area contributed by atoms with Crippen molar-refractivity contribution in [1.29, 1.82) is 0 Å². The molecule has 1 unspecified atom stereocenters. The summed E-state index contributed by atoms with van der Waals surface area (Å²) >= 11 is 0. The topological polar surface area (TPSA) is 62.3 Å². The monoisotopic (exact) mass is 335 g/mol. The molecular formula is C20H21N3O2. The molecule has 0 saturated heterocycles. The van der Waals surface area contributed by atoms with Gasteiger partial charge in [-0.25, -0.2) is 0 Å². The number of nitrogens with zero attached hydrogens (tertiary/aromatic N) is 2. The Bertz CT molecular complexity index is 871. The largest absolute Gasteiger partial charge is 0.497 e. The standard InChI is InChI=1S/C20H21N3O2/c1-24-17-7-5-14(6-8-17)12-23-13-16(11-22-23)19-4-2-3-15-9-18(10-21)25-20(15)19/h2-8,11,13,18H,9-10,12,21H2,1H3. The van der Waals surface area contributed by atoms with E-state index in [9.17, 15) is 0 Å². The van der Waals surface area contributed by atoms with Gasteiger partial charge in [0, 0.05) is 30.3 Å². The minimum Gasteiger partial charge on any atom is -0.497 e. The Kier molecular flexibility index (Phi) is 4.15. The van der Waals surface area contributed by atoms with Crippen LogP contribution in [0.5, 0.6) is 11.5 Å². The Labute approximate surface area is 147 Å². The highest BCUT2D eigenvalue weighted by Crippen LogP contribution is 2.38. The smallest absolute Gasteiger partial charge is 0.131 e. The molecule has 1 atom stereocenters. The number of hydrogen-bond acceptors (Lipinski definition) is 4. The van der Waals surface area contributed by atoms with Crippen molar-refractivity contribution in [3.63, 3.8) is 0 Å². The molecular weight excluding hydrogens is 314 g/mol. The van der Waals surface area contributed by atoms with E-state index in [0.29, 0.717) is 13.1 Å². The first-order chi connectivity index (χ1) is 12.3. The average molecular weight is 335 g/mol. The number of methoxy groups -OCH3 is 1. The van der Waals surface area contributed by atoms with Crippen molar-refractivity contribution in [3.05, 3.63) is 66.0 Å². The number of benzene rings is 2. The van der Waals surface area contributed by atoms with E-state index in [1.165, 1.54) is 11.1 Å². The summed E-state index contributed by atoms with van der Waals surface area (Å²) in [5, 5.41) is 4.50. The van der Waals surface area contributed by atoms with Gasteiger partial charge in [0.15, 0.2) is 0 Å². The molecule has 0 radical (unpaired) electrons. The van der Waals surface area contributed by atoms with Gasteiger partial charge in [0.1, 0.15) is 17.6 Å². The zero-order valence-corrected chi connectivity index (χ0v) is 14.2. The highest BCUT2D eigenvalue weighted by molar-refractivity contribution is 5.72. The second-order valence-electron chi connectivity index (χ2n) is 6.25. The normalized spacial score (nSPS) is 15.7. The summed E-state index contributed by atoms with van der Waals surface area (Å²) in [6.45, 7) is 1.25. The van der Waals surface area contributed by atoms with E-state index in [0.717, 1.165) is 29.0 Å². The third-order valence-corrected chi connectivity index (χ3v) is 4.54.